The van der Waals surface area contributed by atoms with Crippen molar-refractivity contribution < 1.29 is 9.26 Å². The average Bonchev–Trinajstić information content (AvgIpc) is 3.04. The van der Waals surface area contributed by atoms with E-state index in [1.807, 2.05) is 36.4 Å². The number of benzene rings is 1. The Morgan fingerprint density at radius 2 is 2.13 bits per heavy atom. The van der Waals surface area contributed by atoms with E-state index in [0.29, 0.717) is 18.7 Å². The van der Waals surface area contributed by atoms with Crippen LogP contribution in [0.3, 0.4) is 0 Å². The third-order valence-corrected chi connectivity index (χ3v) is 4.38. The lowest BCUT2D eigenvalue weighted by Crippen LogP contribution is -2.48. The molecule has 2 aromatic rings. The van der Waals surface area contributed by atoms with Crippen molar-refractivity contribution in [2.75, 3.05) is 20.2 Å². The van der Waals surface area contributed by atoms with E-state index in [1.54, 1.807) is 7.11 Å². The SMILES string of the molecule is COC1CCN(Cc2cc(-c3ccccc3)on2)C(CN)C1.Cl. The van der Waals surface area contributed by atoms with Crippen molar-refractivity contribution in [1.82, 2.24) is 10.1 Å². The first-order valence-corrected chi connectivity index (χ1v) is 7.78. The van der Waals surface area contributed by atoms with Crippen LogP contribution in [0.15, 0.2) is 40.9 Å². The normalized spacial score (nSPS) is 21.8. The molecule has 1 aliphatic rings. The van der Waals surface area contributed by atoms with Crippen LogP contribution in [0, 0.1) is 0 Å². The number of ether oxygens (including phenoxy) is 1. The molecule has 126 valence electrons. The van der Waals surface area contributed by atoms with E-state index in [4.69, 9.17) is 15.0 Å². The van der Waals surface area contributed by atoms with Crippen LogP contribution in [-0.2, 0) is 11.3 Å². The van der Waals surface area contributed by atoms with E-state index >= 15 is 0 Å². The Labute approximate surface area is 143 Å². The molecule has 23 heavy (non-hydrogen) atoms. The van der Waals surface area contributed by atoms with E-state index in [0.717, 1.165) is 42.9 Å². The third-order valence-electron chi connectivity index (χ3n) is 4.38. The smallest absolute Gasteiger partial charge is 0.167 e. The molecule has 0 radical (unpaired) electrons. The van der Waals surface area contributed by atoms with Gasteiger partial charge in [0.15, 0.2) is 5.76 Å². The fourth-order valence-electron chi connectivity index (χ4n) is 3.06. The minimum absolute atomic E-state index is 0. The van der Waals surface area contributed by atoms with Crippen LogP contribution in [0.5, 0.6) is 0 Å². The molecule has 2 atom stereocenters. The van der Waals surface area contributed by atoms with Crippen LogP contribution >= 0.6 is 12.4 Å². The summed E-state index contributed by atoms with van der Waals surface area (Å²) in [7, 11) is 1.78. The monoisotopic (exact) mass is 337 g/mol. The summed E-state index contributed by atoms with van der Waals surface area (Å²) in [4.78, 5) is 2.38. The largest absolute Gasteiger partial charge is 0.381 e. The first-order chi connectivity index (χ1) is 10.8. The molecule has 2 heterocycles. The minimum Gasteiger partial charge on any atom is -0.381 e. The molecule has 1 aliphatic heterocycles. The second kappa shape index (κ2) is 8.45. The number of hydrogen-bond acceptors (Lipinski definition) is 5. The zero-order valence-corrected chi connectivity index (χ0v) is 14.2. The number of likely N-dealkylation sites (tertiary alicyclic amines) is 1. The van der Waals surface area contributed by atoms with Gasteiger partial charge in [-0.2, -0.15) is 0 Å². The van der Waals surface area contributed by atoms with Crippen molar-refractivity contribution in [2.45, 2.75) is 31.5 Å². The van der Waals surface area contributed by atoms with Crippen molar-refractivity contribution in [3.63, 3.8) is 0 Å². The topological polar surface area (TPSA) is 64.5 Å². The van der Waals surface area contributed by atoms with Gasteiger partial charge in [-0.1, -0.05) is 35.5 Å². The Morgan fingerprint density at radius 3 is 2.83 bits per heavy atom. The van der Waals surface area contributed by atoms with Gasteiger partial charge in [-0.05, 0) is 12.8 Å². The molecule has 3 rings (SSSR count). The molecular weight excluding hydrogens is 314 g/mol. The predicted octanol–water partition coefficient (Wildman–Crippen LogP) is 2.70. The fourth-order valence-corrected chi connectivity index (χ4v) is 3.06. The molecule has 6 heteroatoms. The quantitative estimate of drug-likeness (QED) is 0.908. The highest BCUT2D eigenvalue weighted by molar-refractivity contribution is 5.85. The summed E-state index contributed by atoms with van der Waals surface area (Å²) in [5.74, 6) is 0.812. The summed E-state index contributed by atoms with van der Waals surface area (Å²) < 4.78 is 10.9. The molecule has 1 saturated heterocycles. The molecule has 1 fully saturated rings. The van der Waals surface area contributed by atoms with Gasteiger partial charge in [0, 0.05) is 44.4 Å². The Morgan fingerprint density at radius 1 is 1.35 bits per heavy atom. The summed E-state index contributed by atoms with van der Waals surface area (Å²) in [6.45, 7) is 2.39. The molecule has 1 aromatic carbocycles. The maximum absolute atomic E-state index is 5.92. The summed E-state index contributed by atoms with van der Waals surface area (Å²) in [5, 5.41) is 4.21. The molecule has 5 nitrogen and oxygen atoms in total. The Bertz CT molecular complexity index is 591. The first-order valence-electron chi connectivity index (χ1n) is 7.78. The minimum atomic E-state index is 0. The standard InChI is InChI=1S/C17H23N3O2.ClH/c1-21-16-7-8-20(15(10-16)11-18)12-14-9-17(22-19-14)13-5-3-2-4-6-13;/h2-6,9,15-16H,7-8,10-12,18H2,1H3;1H. The van der Waals surface area contributed by atoms with Crippen LogP contribution in [0.1, 0.15) is 18.5 Å². The van der Waals surface area contributed by atoms with Crippen LogP contribution in [0.25, 0.3) is 11.3 Å². The highest BCUT2D eigenvalue weighted by Gasteiger charge is 2.28. The van der Waals surface area contributed by atoms with E-state index in [2.05, 4.69) is 10.1 Å². The van der Waals surface area contributed by atoms with Gasteiger partial charge in [-0.3, -0.25) is 4.90 Å². The van der Waals surface area contributed by atoms with E-state index in [-0.39, 0.29) is 12.4 Å². The number of nitrogens with zero attached hydrogens (tertiary/aromatic N) is 2. The van der Waals surface area contributed by atoms with Crippen molar-refractivity contribution in [1.29, 1.82) is 0 Å². The van der Waals surface area contributed by atoms with Crippen molar-refractivity contribution >= 4 is 12.4 Å². The number of hydrogen-bond donors (Lipinski definition) is 1. The van der Waals surface area contributed by atoms with Gasteiger partial charge in [0.25, 0.3) is 0 Å². The van der Waals surface area contributed by atoms with E-state index in [1.165, 1.54) is 0 Å². The van der Waals surface area contributed by atoms with Crippen LogP contribution in [0.4, 0.5) is 0 Å². The highest BCUT2D eigenvalue weighted by atomic mass is 35.5. The third kappa shape index (κ3) is 4.32. The van der Waals surface area contributed by atoms with Gasteiger partial charge in [0.2, 0.25) is 0 Å². The molecule has 2 unspecified atom stereocenters. The lowest BCUT2D eigenvalue weighted by molar-refractivity contribution is 0.00950. The molecular formula is C17H24ClN3O2. The zero-order valence-electron chi connectivity index (χ0n) is 13.4. The number of rotatable bonds is 5. The van der Waals surface area contributed by atoms with Gasteiger partial charge >= 0.3 is 0 Å². The number of halogens is 1. The van der Waals surface area contributed by atoms with Crippen molar-refractivity contribution in [3.05, 3.63) is 42.1 Å². The summed E-state index contributed by atoms with van der Waals surface area (Å²) in [5.41, 5.74) is 7.92. The van der Waals surface area contributed by atoms with Crippen molar-refractivity contribution in [2.24, 2.45) is 5.73 Å². The van der Waals surface area contributed by atoms with Crippen LogP contribution < -0.4 is 5.73 Å². The molecule has 0 bridgehead atoms. The lowest BCUT2D eigenvalue weighted by Gasteiger charge is -2.37. The van der Waals surface area contributed by atoms with E-state index in [9.17, 15) is 0 Å². The maximum Gasteiger partial charge on any atom is 0.167 e. The molecule has 1 aromatic heterocycles. The Hall–Kier alpha value is -1.40. The molecule has 0 saturated carbocycles. The van der Waals surface area contributed by atoms with Gasteiger partial charge in [-0.25, -0.2) is 0 Å². The second-order valence-electron chi connectivity index (χ2n) is 5.79. The summed E-state index contributed by atoms with van der Waals surface area (Å²) >= 11 is 0. The molecule has 0 amide bonds. The zero-order chi connectivity index (χ0) is 15.4. The first kappa shape index (κ1) is 17.9. The molecule has 2 N–H and O–H groups in total. The number of piperidine rings is 1. The fraction of sp³-hybridized carbons (Fsp3) is 0.471. The maximum atomic E-state index is 5.92. The number of methoxy groups -OCH3 is 1. The van der Waals surface area contributed by atoms with Crippen molar-refractivity contribution in [3.8, 4) is 11.3 Å². The average molecular weight is 338 g/mol. The van der Waals surface area contributed by atoms with Gasteiger partial charge in [0.05, 0.1) is 11.8 Å². The van der Waals surface area contributed by atoms with Gasteiger partial charge < -0.3 is 15.0 Å². The molecule has 0 aliphatic carbocycles. The molecule has 0 spiro atoms. The lowest BCUT2D eigenvalue weighted by atomic mass is 9.99. The van der Waals surface area contributed by atoms with E-state index < -0.39 is 0 Å². The number of aromatic nitrogens is 1. The van der Waals surface area contributed by atoms with Crippen LogP contribution in [0.2, 0.25) is 0 Å². The Kier molecular flexibility index (Phi) is 6.59. The van der Waals surface area contributed by atoms with Gasteiger partial charge in [0.1, 0.15) is 0 Å². The predicted molar refractivity (Wildman–Crippen MR) is 92.5 cm³/mol. The number of nitrogens with two attached hydrogens (primary N) is 1. The highest BCUT2D eigenvalue weighted by Crippen LogP contribution is 2.24. The van der Waals surface area contributed by atoms with Gasteiger partial charge in [-0.15, -0.1) is 12.4 Å². The summed E-state index contributed by atoms with van der Waals surface area (Å²) in [6, 6.07) is 12.4. The summed E-state index contributed by atoms with van der Waals surface area (Å²) in [6.07, 6.45) is 2.34. The Balaban J connectivity index is 0.00000192. The second-order valence-corrected chi connectivity index (χ2v) is 5.79. The van der Waals surface area contributed by atoms with Crippen LogP contribution in [-0.4, -0.2) is 42.4 Å².